The molecule has 0 bridgehead atoms. The summed E-state index contributed by atoms with van der Waals surface area (Å²) in [7, 11) is 1.57. The molecule has 3 heterocycles. The highest BCUT2D eigenvalue weighted by atomic mass is 32.2. The van der Waals surface area contributed by atoms with Crippen LogP contribution >= 0.6 is 11.8 Å². The summed E-state index contributed by atoms with van der Waals surface area (Å²) in [4.78, 5) is 24.3. The topological polar surface area (TPSA) is 94.4 Å². The maximum Gasteiger partial charge on any atom is 0.258 e. The number of piperidine rings is 1. The first-order chi connectivity index (χ1) is 16.7. The van der Waals surface area contributed by atoms with Gasteiger partial charge in [0.1, 0.15) is 5.82 Å². The Balaban J connectivity index is 1.40. The van der Waals surface area contributed by atoms with Crippen LogP contribution in [0.4, 0.5) is 5.82 Å². The number of hydrogen-bond acceptors (Lipinski definition) is 8. The number of carbonyl (C=O) groups excluding carboxylic acids is 1. The minimum atomic E-state index is -0.204. The molecule has 2 aromatic heterocycles. The lowest BCUT2D eigenvalue weighted by Crippen LogP contribution is -2.32. The number of rotatable bonds is 11. The predicted molar refractivity (Wildman–Crippen MR) is 134 cm³/mol. The third-order valence-electron chi connectivity index (χ3n) is 5.62. The largest absolute Gasteiger partial charge is 0.493 e. The number of thioether (sulfide) groups is 1. The number of nitrogens with one attached hydrogen (secondary N) is 1. The molecule has 1 fully saturated rings. The number of fused-ring (bicyclic) bond motifs is 1. The Morgan fingerprint density at radius 3 is 2.71 bits per heavy atom. The third-order valence-corrected chi connectivity index (χ3v) is 6.67. The fourth-order valence-electron chi connectivity index (χ4n) is 3.92. The molecular formula is C24H32N6O3S. The summed E-state index contributed by atoms with van der Waals surface area (Å²) in [5, 5.41) is 9.21. The van der Waals surface area contributed by atoms with E-state index in [4.69, 9.17) is 19.4 Å². The highest BCUT2D eigenvalue weighted by molar-refractivity contribution is 7.99. The van der Waals surface area contributed by atoms with Gasteiger partial charge in [-0.25, -0.2) is 14.6 Å². The summed E-state index contributed by atoms with van der Waals surface area (Å²) >= 11 is 1.68. The van der Waals surface area contributed by atoms with Crippen LogP contribution in [0.1, 0.15) is 32.6 Å². The van der Waals surface area contributed by atoms with Crippen LogP contribution in [-0.2, 0) is 11.3 Å². The SMILES string of the molecule is CCCSc1nc(N2CCCCC2)c2cnn(CCNC(=O)COc3ccccc3OC)c2n1. The normalized spacial score (nSPS) is 13.8. The zero-order chi connectivity index (χ0) is 23.8. The second-order valence-corrected chi connectivity index (χ2v) is 9.18. The van der Waals surface area contributed by atoms with Gasteiger partial charge in [0, 0.05) is 25.4 Å². The van der Waals surface area contributed by atoms with Gasteiger partial charge in [-0.3, -0.25) is 4.79 Å². The molecule has 0 radical (unpaired) electrons. The van der Waals surface area contributed by atoms with Gasteiger partial charge in [0.2, 0.25) is 0 Å². The number of benzene rings is 1. The van der Waals surface area contributed by atoms with Gasteiger partial charge in [0.05, 0.1) is 25.2 Å². The Kier molecular flexibility index (Phi) is 8.46. The summed E-state index contributed by atoms with van der Waals surface area (Å²) in [6.45, 7) is 5.03. The molecule has 0 spiro atoms. The van der Waals surface area contributed by atoms with E-state index in [9.17, 15) is 4.79 Å². The zero-order valence-electron chi connectivity index (χ0n) is 19.8. The van der Waals surface area contributed by atoms with E-state index in [1.165, 1.54) is 19.3 Å². The van der Waals surface area contributed by atoms with E-state index in [0.717, 1.165) is 47.3 Å². The van der Waals surface area contributed by atoms with Gasteiger partial charge in [-0.2, -0.15) is 5.10 Å². The molecule has 0 aliphatic carbocycles. The van der Waals surface area contributed by atoms with Crippen LogP contribution in [0.5, 0.6) is 11.5 Å². The van der Waals surface area contributed by atoms with Crippen molar-refractivity contribution >= 4 is 34.5 Å². The Bertz CT molecular complexity index is 1100. The van der Waals surface area contributed by atoms with Crippen LogP contribution in [0.25, 0.3) is 11.0 Å². The number of anilines is 1. The summed E-state index contributed by atoms with van der Waals surface area (Å²) in [5.74, 6) is 2.88. The molecule has 10 heteroatoms. The summed E-state index contributed by atoms with van der Waals surface area (Å²) in [6, 6.07) is 7.26. The van der Waals surface area contributed by atoms with Crippen molar-refractivity contribution in [3.8, 4) is 11.5 Å². The second kappa shape index (κ2) is 11.9. The van der Waals surface area contributed by atoms with Crippen molar-refractivity contribution in [3.63, 3.8) is 0 Å². The van der Waals surface area contributed by atoms with Gasteiger partial charge >= 0.3 is 0 Å². The van der Waals surface area contributed by atoms with Crippen LogP contribution < -0.4 is 19.7 Å². The van der Waals surface area contributed by atoms with E-state index in [-0.39, 0.29) is 12.5 Å². The standard InChI is InChI=1S/C24H32N6O3S/c1-3-15-34-24-27-22(29-12-7-4-8-13-29)18-16-26-30(23(18)28-24)14-11-25-21(31)17-33-20-10-6-5-9-19(20)32-2/h5-6,9-10,16H,3-4,7-8,11-15,17H2,1-2H3,(H,25,31). The predicted octanol–water partition coefficient (Wildman–Crippen LogP) is 3.52. The van der Waals surface area contributed by atoms with E-state index in [1.807, 2.05) is 23.0 Å². The smallest absolute Gasteiger partial charge is 0.258 e. The zero-order valence-corrected chi connectivity index (χ0v) is 20.6. The Morgan fingerprint density at radius 2 is 1.94 bits per heavy atom. The third kappa shape index (κ3) is 5.91. The maximum absolute atomic E-state index is 12.3. The van der Waals surface area contributed by atoms with Crippen molar-refractivity contribution < 1.29 is 14.3 Å². The van der Waals surface area contributed by atoms with E-state index in [2.05, 4.69) is 22.2 Å². The molecule has 0 unspecified atom stereocenters. The quantitative estimate of drug-likeness (QED) is 0.326. The lowest BCUT2D eigenvalue weighted by atomic mass is 10.1. The van der Waals surface area contributed by atoms with Gasteiger partial charge in [-0.15, -0.1) is 0 Å². The molecule has 1 aliphatic heterocycles. The molecule has 4 rings (SSSR count). The molecule has 1 amide bonds. The number of ether oxygens (including phenoxy) is 2. The fourth-order valence-corrected chi connectivity index (χ4v) is 4.61. The first kappa shape index (κ1) is 24.1. The maximum atomic E-state index is 12.3. The lowest BCUT2D eigenvalue weighted by molar-refractivity contribution is -0.123. The Hall–Kier alpha value is -3.01. The molecule has 0 atom stereocenters. The Labute approximate surface area is 204 Å². The molecule has 1 N–H and O–H groups in total. The lowest BCUT2D eigenvalue weighted by Gasteiger charge is -2.28. The van der Waals surface area contributed by atoms with Gasteiger partial charge in [-0.05, 0) is 37.8 Å². The number of carbonyl (C=O) groups is 1. The van der Waals surface area contributed by atoms with E-state index < -0.39 is 0 Å². The number of aromatic nitrogens is 4. The molecule has 1 aliphatic rings. The molecule has 0 saturated carbocycles. The summed E-state index contributed by atoms with van der Waals surface area (Å²) in [5.41, 5.74) is 0.814. The van der Waals surface area contributed by atoms with Crippen molar-refractivity contribution in [1.82, 2.24) is 25.1 Å². The fraction of sp³-hybridized carbons (Fsp3) is 0.500. The molecule has 3 aromatic rings. The number of amides is 1. The first-order valence-corrected chi connectivity index (χ1v) is 12.8. The average molecular weight is 485 g/mol. The van der Waals surface area contributed by atoms with Crippen molar-refractivity contribution in [3.05, 3.63) is 30.5 Å². The molecular weight excluding hydrogens is 452 g/mol. The minimum Gasteiger partial charge on any atom is -0.493 e. The monoisotopic (exact) mass is 484 g/mol. The van der Waals surface area contributed by atoms with E-state index >= 15 is 0 Å². The van der Waals surface area contributed by atoms with E-state index in [1.54, 1.807) is 31.0 Å². The molecule has 1 saturated heterocycles. The van der Waals surface area contributed by atoms with Gasteiger partial charge in [-0.1, -0.05) is 30.8 Å². The molecule has 9 nitrogen and oxygen atoms in total. The first-order valence-electron chi connectivity index (χ1n) is 11.8. The number of nitrogens with zero attached hydrogens (tertiary/aromatic N) is 5. The van der Waals surface area contributed by atoms with Crippen molar-refractivity contribution in [2.75, 3.05) is 44.0 Å². The van der Waals surface area contributed by atoms with Gasteiger partial charge in [0.15, 0.2) is 28.9 Å². The summed E-state index contributed by atoms with van der Waals surface area (Å²) in [6.07, 6.45) is 6.54. The summed E-state index contributed by atoms with van der Waals surface area (Å²) < 4.78 is 12.7. The van der Waals surface area contributed by atoms with Crippen molar-refractivity contribution in [1.29, 1.82) is 0 Å². The second-order valence-electron chi connectivity index (χ2n) is 8.12. The molecule has 1 aromatic carbocycles. The van der Waals surface area contributed by atoms with Gasteiger partial charge < -0.3 is 19.7 Å². The molecule has 34 heavy (non-hydrogen) atoms. The van der Waals surface area contributed by atoms with Crippen molar-refractivity contribution in [2.45, 2.75) is 44.3 Å². The van der Waals surface area contributed by atoms with Crippen LogP contribution in [0.3, 0.4) is 0 Å². The Morgan fingerprint density at radius 1 is 1.15 bits per heavy atom. The van der Waals surface area contributed by atoms with Crippen LogP contribution in [-0.4, -0.2) is 64.8 Å². The van der Waals surface area contributed by atoms with Crippen LogP contribution in [0.2, 0.25) is 0 Å². The number of methoxy groups -OCH3 is 1. The highest BCUT2D eigenvalue weighted by Gasteiger charge is 2.20. The highest BCUT2D eigenvalue weighted by Crippen LogP contribution is 2.29. The number of hydrogen-bond donors (Lipinski definition) is 1. The average Bonchev–Trinajstić information content (AvgIpc) is 3.29. The van der Waals surface area contributed by atoms with E-state index in [0.29, 0.717) is 24.6 Å². The van der Waals surface area contributed by atoms with Crippen LogP contribution in [0.15, 0.2) is 35.6 Å². The number of para-hydroxylation sites is 2. The molecule has 182 valence electrons. The van der Waals surface area contributed by atoms with Crippen molar-refractivity contribution in [2.24, 2.45) is 0 Å². The van der Waals surface area contributed by atoms with Crippen LogP contribution in [0, 0.1) is 0 Å². The minimum absolute atomic E-state index is 0.0840. The van der Waals surface area contributed by atoms with Gasteiger partial charge in [0.25, 0.3) is 5.91 Å².